The predicted octanol–water partition coefficient (Wildman–Crippen LogP) is 3.38. The molecule has 0 N–H and O–H groups in total. The standard InChI is InChI=1S/C4H8Cl4Te/c5-1-3-9(7,8)4-2-6/h1-4H2. The summed E-state index contributed by atoms with van der Waals surface area (Å²) in [6.07, 6.45) is 0. The molecule has 0 rings (SSSR count). The number of halogens is 4. The topological polar surface area (TPSA) is 0 Å². The molecule has 0 saturated carbocycles. The maximum absolute atomic E-state index is 5.92. The molecule has 0 amide bonds. The molecule has 5 heteroatoms. The second-order valence-corrected chi connectivity index (χ2v) is 17.5. The monoisotopic (exact) mass is 326 g/mol. The van der Waals surface area contributed by atoms with Crippen molar-refractivity contribution in [1.29, 1.82) is 0 Å². The molecule has 0 spiro atoms. The summed E-state index contributed by atoms with van der Waals surface area (Å²) in [6, 6.07) is 0. The van der Waals surface area contributed by atoms with E-state index in [0.717, 1.165) is 8.94 Å². The van der Waals surface area contributed by atoms with E-state index in [2.05, 4.69) is 0 Å². The molecule has 9 heavy (non-hydrogen) atoms. The number of alkyl halides is 2. The molecule has 0 bridgehead atoms. The van der Waals surface area contributed by atoms with E-state index in [1.807, 2.05) is 0 Å². The Morgan fingerprint density at radius 3 is 1.44 bits per heavy atom. The molecule has 0 aliphatic carbocycles. The summed E-state index contributed by atoms with van der Waals surface area (Å²) < 4.78 is 1.56. The van der Waals surface area contributed by atoms with Crippen LogP contribution in [0.1, 0.15) is 0 Å². The zero-order valence-electron chi connectivity index (χ0n) is 4.75. The molecule has 0 aliphatic heterocycles. The van der Waals surface area contributed by atoms with Crippen LogP contribution < -0.4 is 0 Å². The van der Waals surface area contributed by atoms with Gasteiger partial charge in [0.15, 0.2) is 0 Å². The van der Waals surface area contributed by atoms with E-state index in [-0.39, 0.29) is 0 Å². The fourth-order valence-corrected chi connectivity index (χ4v) is 9.92. The normalized spacial score (nSPS) is 13.8. The van der Waals surface area contributed by atoms with Crippen LogP contribution in [0.15, 0.2) is 0 Å². The zero-order valence-corrected chi connectivity index (χ0v) is 10.1. The van der Waals surface area contributed by atoms with Crippen molar-refractivity contribution in [2.24, 2.45) is 0 Å². The van der Waals surface area contributed by atoms with Crippen LogP contribution in [0.2, 0.25) is 8.94 Å². The van der Waals surface area contributed by atoms with E-state index in [1.165, 1.54) is 0 Å². The Labute approximate surface area is 77.1 Å². The van der Waals surface area contributed by atoms with E-state index in [9.17, 15) is 0 Å². The van der Waals surface area contributed by atoms with Crippen molar-refractivity contribution < 1.29 is 0 Å². The first kappa shape index (κ1) is 10.9. The van der Waals surface area contributed by atoms with E-state index < -0.39 is 15.9 Å². The molecule has 0 fully saturated rings. The Kier molecular flexibility index (Phi) is 6.79. The molecule has 58 valence electrons. The number of rotatable bonds is 4. The molecule has 0 aromatic heterocycles. The van der Waals surface area contributed by atoms with Gasteiger partial charge in [0.2, 0.25) is 0 Å². The van der Waals surface area contributed by atoms with Crippen molar-refractivity contribution >= 4 is 57.1 Å². The van der Waals surface area contributed by atoms with Gasteiger partial charge in [-0.05, 0) is 0 Å². The van der Waals surface area contributed by atoms with Crippen LogP contribution in [0.25, 0.3) is 0 Å². The molecule has 0 nitrogen and oxygen atoms in total. The van der Waals surface area contributed by atoms with Crippen LogP contribution in [0.5, 0.6) is 0 Å². The van der Waals surface area contributed by atoms with Gasteiger partial charge in [0.25, 0.3) is 0 Å². The Morgan fingerprint density at radius 1 is 0.889 bits per heavy atom. The molecule has 0 atom stereocenters. The summed E-state index contributed by atoms with van der Waals surface area (Å²) >= 11 is 8.41. The van der Waals surface area contributed by atoms with Gasteiger partial charge in [-0.2, -0.15) is 0 Å². The minimum absolute atomic E-state index is 0.561. The first-order chi connectivity index (χ1) is 4.12. The molecule has 0 saturated heterocycles. The second-order valence-electron chi connectivity index (χ2n) is 1.49. The number of hydrogen-bond acceptors (Lipinski definition) is 0. The minimum atomic E-state index is -2.50. The van der Waals surface area contributed by atoms with Crippen molar-refractivity contribution in [1.82, 2.24) is 0 Å². The van der Waals surface area contributed by atoms with Gasteiger partial charge < -0.3 is 0 Å². The summed E-state index contributed by atoms with van der Waals surface area (Å²) in [5, 5.41) is 0. The summed E-state index contributed by atoms with van der Waals surface area (Å²) in [7, 11) is 11.8. The number of hydrogen-bond donors (Lipinski definition) is 0. The van der Waals surface area contributed by atoms with Gasteiger partial charge in [0, 0.05) is 0 Å². The van der Waals surface area contributed by atoms with E-state index in [0.29, 0.717) is 11.8 Å². The van der Waals surface area contributed by atoms with Crippen LogP contribution in [-0.2, 0) is 0 Å². The summed E-state index contributed by atoms with van der Waals surface area (Å²) in [5.41, 5.74) is 0. The quantitative estimate of drug-likeness (QED) is 0.549. The van der Waals surface area contributed by atoms with E-state index in [4.69, 9.17) is 41.1 Å². The van der Waals surface area contributed by atoms with Crippen LogP contribution in [-0.4, -0.2) is 27.7 Å². The molecule has 0 aromatic carbocycles. The van der Waals surface area contributed by atoms with Crippen molar-refractivity contribution in [2.75, 3.05) is 11.8 Å². The van der Waals surface area contributed by atoms with Crippen LogP contribution in [0.3, 0.4) is 0 Å². The SMILES string of the molecule is ClCC[Te](Cl)(Cl)CCCl. The third-order valence-electron chi connectivity index (χ3n) is 0.752. The first-order valence-corrected chi connectivity index (χ1v) is 12.7. The zero-order chi connectivity index (χ0) is 7.33. The van der Waals surface area contributed by atoms with E-state index in [1.54, 1.807) is 0 Å². The third kappa shape index (κ3) is 6.35. The molecule has 0 radical (unpaired) electrons. The van der Waals surface area contributed by atoms with Gasteiger partial charge in [-0.1, -0.05) is 0 Å². The second kappa shape index (κ2) is 5.58. The van der Waals surface area contributed by atoms with Crippen LogP contribution >= 0.6 is 41.1 Å². The van der Waals surface area contributed by atoms with Crippen molar-refractivity contribution in [3.05, 3.63) is 0 Å². The first-order valence-electron chi connectivity index (χ1n) is 2.42. The average Bonchev–Trinajstić information content (AvgIpc) is 1.64. The Bertz CT molecular complexity index is 67.0. The Balaban J connectivity index is 3.43. The van der Waals surface area contributed by atoms with Gasteiger partial charge in [-0.3, -0.25) is 0 Å². The molecule has 0 unspecified atom stereocenters. The molecule has 0 aliphatic rings. The van der Waals surface area contributed by atoms with Crippen molar-refractivity contribution in [3.63, 3.8) is 0 Å². The summed E-state index contributed by atoms with van der Waals surface area (Å²) in [4.78, 5) is 0. The Hall–Kier alpha value is 1.95. The molecular weight excluding hydrogens is 317 g/mol. The van der Waals surface area contributed by atoms with E-state index >= 15 is 0 Å². The molecule has 0 aromatic rings. The predicted molar refractivity (Wildman–Crippen MR) is 48.5 cm³/mol. The maximum atomic E-state index is 5.92. The Morgan fingerprint density at radius 2 is 1.22 bits per heavy atom. The fraction of sp³-hybridized carbons (Fsp3) is 1.00. The summed E-state index contributed by atoms with van der Waals surface area (Å²) in [6.45, 7) is 0. The van der Waals surface area contributed by atoms with Crippen LogP contribution in [0, 0.1) is 0 Å². The fourth-order valence-electron chi connectivity index (χ4n) is 0.328. The van der Waals surface area contributed by atoms with Gasteiger partial charge in [-0.25, -0.2) is 0 Å². The van der Waals surface area contributed by atoms with Crippen molar-refractivity contribution in [2.45, 2.75) is 8.94 Å². The molecule has 0 heterocycles. The van der Waals surface area contributed by atoms with Gasteiger partial charge in [0.05, 0.1) is 0 Å². The molecular formula is C4H8Cl4Te. The van der Waals surface area contributed by atoms with Gasteiger partial charge in [0.1, 0.15) is 0 Å². The third-order valence-corrected chi connectivity index (χ3v) is 11.3. The van der Waals surface area contributed by atoms with Crippen molar-refractivity contribution in [3.8, 4) is 0 Å². The average molecular weight is 326 g/mol. The summed E-state index contributed by atoms with van der Waals surface area (Å²) in [5.74, 6) is 1.12. The van der Waals surface area contributed by atoms with Gasteiger partial charge >= 0.3 is 77.8 Å². The van der Waals surface area contributed by atoms with Crippen LogP contribution in [0.4, 0.5) is 0 Å². The van der Waals surface area contributed by atoms with Gasteiger partial charge in [-0.15, -0.1) is 0 Å².